The van der Waals surface area contributed by atoms with Gasteiger partial charge in [-0.2, -0.15) is 0 Å². The van der Waals surface area contributed by atoms with Crippen molar-refractivity contribution in [2.75, 3.05) is 0 Å². The van der Waals surface area contributed by atoms with Crippen molar-refractivity contribution in [2.45, 2.75) is 50.4 Å². The fraction of sp³-hybridized carbons (Fsp3) is 0.429. The Hall–Kier alpha value is -1.87. The monoisotopic (exact) mass is 356 g/mol. The first-order chi connectivity index (χ1) is 12.0. The number of carbonyl (C=O) groups excluding carboxylic acids is 1. The van der Waals surface area contributed by atoms with Crippen LogP contribution in [0.25, 0.3) is 0 Å². The largest absolute Gasteiger partial charge is 0.349 e. The highest BCUT2D eigenvalue weighted by Gasteiger charge is 2.34. The van der Waals surface area contributed by atoms with Crippen LogP contribution in [0.15, 0.2) is 48.7 Å². The minimum atomic E-state index is -0.0242. The molecular formula is C21H25ClN2O. The molecule has 1 amide bonds. The third-order valence-electron chi connectivity index (χ3n) is 5.25. The minimum Gasteiger partial charge on any atom is -0.349 e. The van der Waals surface area contributed by atoms with Gasteiger partial charge in [0.1, 0.15) is 0 Å². The number of aryl methyl sites for hydroxylation is 1. The summed E-state index contributed by atoms with van der Waals surface area (Å²) >= 11 is 6.72. The number of nitrogens with zero attached hydrogens (tertiary/aromatic N) is 1. The van der Waals surface area contributed by atoms with Gasteiger partial charge < -0.3 is 5.32 Å². The van der Waals surface area contributed by atoms with E-state index >= 15 is 0 Å². The maximum Gasteiger partial charge on any atom is 0.251 e. The summed E-state index contributed by atoms with van der Waals surface area (Å²) < 4.78 is 0. The standard InChI is InChI=1S/C21H25ClN2O/c1-14-12-18(10-11-23-14)17-8-9-19(20(22)13-17)15(2)24-21(25)16-6-4-3-5-7-16/h3-7,10-12,15,17,19-20H,8-9,13H2,1-2H3,(H,24,25). The average molecular weight is 357 g/mol. The molecule has 4 heteroatoms. The number of alkyl halides is 1. The highest BCUT2D eigenvalue weighted by Crippen LogP contribution is 2.40. The van der Waals surface area contributed by atoms with E-state index in [1.54, 1.807) is 0 Å². The molecule has 1 aliphatic rings. The molecule has 0 radical (unpaired) electrons. The number of rotatable bonds is 4. The van der Waals surface area contributed by atoms with Crippen molar-refractivity contribution in [1.82, 2.24) is 10.3 Å². The van der Waals surface area contributed by atoms with Gasteiger partial charge >= 0.3 is 0 Å². The Morgan fingerprint density at radius 2 is 2.00 bits per heavy atom. The van der Waals surface area contributed by atoms with Crippen molar-refractivity contribution < 1.29 is 4.79 Å². The zero-order valence-corrected chi connectivity index (χ0v) is 15.5. The van der Waals surface area contributed by atoms with Crippen LogP contribution in [-0.2, 0) is 0 Å². The molecule has 0 spiro atoms. The Kier molecular flexibility index (Phi) is 5.74. The summed E-state index contributed by atoms with van der Waals surface area (Å²) in [7, 11) is 0. The third kappa shape index (κ3) is 4.40. The Bertz CT molecular complexity index is 719. The maximum absolute atomic E-state index is 12.4. The summed E-state index contributed by atoms with van der Waals surface area (Å²) in [4.78, 5) is 16.6. The van der Waals surface area contributed by atoms with Crippen LogP contribution >= 0.6 is 11.6 Å². The third-order valence-corrected chi connectivity index (χ3v) is 5.75. The molecule has 2 aromatic rings. The lowest BCUT2D eigenvalue weighted by Gasteiger charge is -2.36. The molecule has 132 valence electrons. The van der Waals surface area contributed by atoms with E-state index in [4.69, 9.17) is 11.6 Å². The molecule has 0 saturated heterocycles. The van der Waals surface area contributed by atoms with Crippen LogP contribution in [0, 0.1) is 12.8 Å². The van der Waals surface area contributed by atoms with Crippen molar-refractivity contribution >= 4 is 17.5 Å². The maximum atomic E-state index is 12.4. The highest BCUT2D eigenvalue weighted by molar-refractivity contribution is 6.21. The van der Waals surface area contributed by atoms with Crippen LogP contribution in [0.4, 0.5) is 0 Å². The van der Waals surface area contributed by atoms with E-state index in [1.807, 2.05) is 43.5 Å². The van der Waals surface area contributed by atoms with Gasteiger partial charge in [-0.3, -0.25) is 9.78 Å². The lowest BCUT2D eigenvalue weighted by molar-refractivity contribution is 0.0919. The molecule has 25 heavy (non-hydrogen) atoms. The molecule has 1 N–H and O–H groups in total. The highest BCUT2D eigenvalue weighted by atomic mass is 35.5. The molecule has 3 nitrogen and oxygen atoms in total. The second-order valence-corrected chi connectivity index (χ2v) is 7.61. The quantitative estimate of drug-likeness (QED) is 0.807. The van der Waals surface area contributed by atoms with Gasteiger partial charge in [-0.15, -0.1) is 11.6 Å². The van der Waals surface area contributed by atoms with E-state index in [0.717, 1.165) is 25.0 Å². The number of amides is 1. The van der Waals surface area contributed by atoms with Crippen molar-refractivity contribution in [3.05, 3.63) is 65.5 Å². The Balaban J connectivity index is 1.60. The molecule has 1 aromatic heterocycles. The fourth-order valence-electron chi connectivity index (χ4n) is 3.81. The van der Waals surface area contributed by atoms with Gasteiger partial charge in [0.05, 0.1) is 0 Å². The number of carbonyl (C=O) groups is 1. The smallest absolute Gasteiger partial charge is 0.251 e. The number of aromatic nitrogens is 1. The summed E-state index contributed by atoms with van der Waals surface area (Å²) in [5.41, 5.74) is 3.08. The summed E-state index contributed by atoms with van der Waals surface area (Å²) in [6, 6.07) is 13.7. The van der Waals surface area contributed by atoms with Gasteiger partial charge in [0, 0.05) is 28.9 Å². The zero-order chi connectivity index (χ0) is 17.8. The van der Waals surface area contributed by atoms with Gasteiger partial charge in [0.25, 0.3) is 5.91 Å². The topological polar surface area (TPSA) is 42.0 Å². The summed E-state index contributed by atoms with van der Waals surface area (Å²) in [6.45, 7) is 4.09. The predicted octanol–water partition coefficient (Wildman–Crippen LogP) is 4.70. The number of hydrogen-bond acceptors (Lipinski definition) is 2. The number of halogens is 1. The van der Waals surface area contributed by atoms with Gasteiger partial charge in [-0.05, 0) is 74.8 Å². The van der Waals surface area contributed by atoms with Crippen LogP contribution in [0.1, 0.15) is 53.7 Å². The van der Waals surface area contributed by atoms with Crippen molar-refractivity contribution in [2.24, 2.45) is 5.92 Å². The lowest BCUT2D eigenvalue weighted by atomic mass is 9.76. The van der Waals surface area contributed by atoms with E-state index in [9.17, 15) is 4.79 Å². The SMILES string of the molecule is Cc1cc(C2CCC(C(C)NC(=O)c3ccccc3)C(Cl)C2)ccn1. The predicted molar refractivity (Wildman–Crippen MR) is 102 cm³/mol. The Labute approximate surface area is 154 Å². The van der Waals surface area contributed by atoms with Crippen LogP contribution < -0.4 is 5.32 Å². The first-order valence-corrected chi connectivity index (χ1v) is 9.40. The molecule has 1 aliphatic carbocycles. The molecular weight excluding hydrogens is 332 g/mol. The summed E-state index contributed by atoms with van der Waals surface area (Å²) in [5, 5.41) is 3.19. The number of benzene rings is 1. The van der Waals surface area contributed by atoms with Gasteiger partial charge in [0.15, 0.2) is 0 Å². The van der Waals surface area contributed by atoms with Gasteiger partial charge in [-0.1, -0.05) is 18.2 Å². The Morgan fingerprint density at radius 3 is 2.68 bits per heavy atom. The molecule has 1 aromatic carbocycles. The molecule has 1 saturated carbocycles. The van der Waals surface area contributed by atoms with E-state index < -0.39 is 0 Å². The van der Waals surface area contributed by atoms with E-state index in [0.29, 0.717) is 17.4 Å². The summed E-state index contributed by atoms with van der Waals surface area (Å²) in [6.07, 6.45) is 4.95. The zero-order valence-electron chi connectivity index (χ0n) is 14.8. The normalized spacial score (nSPS) is 24.5. The van der Waals surface area contributed by atoms with E-state index in [-0.39, 0.29) is 17.3 Å². The minimum absolute atomic E-state index is 0.0242. The van der Waals surface area contributed by atoms with E-state index in [1.165, 1.54) is 5.56 Å². The first kappa shape index (κ1) is 17.9. The lowest BCUT2D eigenvalue weighted by Crippen LogP contribution is -2.43. The van der Waals surface area contributed by atoms with Crippen LogP contribution in [0.5, 0.6) is 0 Å². The second-order valence-electron chi connectivity index (χ2n) is 7.05. The van der Waals surface area contributed by atoms with Crippen molar-refractivity contribution in [3.8, 4) is 0 Å². The average Bonchev–Trinajstić information content (AvgIpc) is 2.62. The van der Waals surface area contributed by atoms with Gasteiger partial charge in [0.2, 0.25) is 0 Å². The first-order valence-electron chi connectivity index (χ1n) is 8.97. The number of nitrogens with one attached hydrogen (secondary N) is 1. The van der Waals surface area contributed by atoms with Crippen LogP contribution in [-0.4, -0.2) is 22.3 Å². The summed E-state index contributed by atoms with van der Waals surface area (Å²) in [5.74, 6) is 0.759. The van der Waals surface area contributed by atoms with E-state index in [2.05, 4.69) is 29.4 Å². The molecule has 1 fully saturated rings. The van der Waals surface area contributed by atoms with Crippen LogP contribution in [0.2, 0.25) is 0 Å². The molecule has 0 bridgehead atoms. The number of pyridine rings is 1. The fourth-order valence-corrected chi connectivity index (χ4v) is 4.37. The molecule has 4 unspecified atom stereocenters. The molecule has 0 aliphatic heterocycles. The number of hydrogen-bond donors (Lipinski definition) is 1. The molecule has 4 atom stereocenters. The second kappa shape index (κ2) is 8.01. The van der Waals surface area contributed by atoms with Crippen LogP contribution in [0.3, 0.4) is 0 Å². The molecule has 3 rings (SSSR count). The molecule has 1 heterocycles. The Morgan fingerprint density at radius 1 is 1.24 bits per heavy atom. The van der Waals surface area contributed by atoms with Gasteiger partial charge in [-0.25, -0.2) is 0 Å². The van der Waals surface area contributed by atoms with Crippen molar-refractivity contribution in [1.29, 1.82) is 0 Å². The van der Waals surface area contributed by atoms with Crippen molar-refractivity contribution in [3.63, 3.8) is 0 Å².